The first-order chi connectivity index (χ1) is 15.2. The standard InChI is InChI=1S/C21H35N5O5S/c1-24(2)11-10-23-32(29,30)18-6-7-19(20(16-18)26(27)28)22-17-21(8-4-3-5-9-21)25-12-14-31-15-13-25/h6-7,16,22-23H,3-5,8-15,17H2,1-2H3. The van der Waals surface area contributed by atoms with Crippen LogP contribution in [0.4, 0.5) is 11.4 Å². The van der Waals surface area contributed by atoms with Crippen molar-refractivity contribution >= 4 is 21.4 Å². The van der Waals surface area contributed by atoms with Gasteiger partial charge < -0.3 is 15.0 Å². The summed E-state index contributed by atoms with van der Waals surface area (Å²) in [4.78, 5) is 15.4. The minimum atomic E-state index is -3.82. The van der Waals surface area contributed by atoms with Gasteiger partial charge in [0.1, 0.15) is 5.69 Å². The predicted octanol–water partition coefficient (Wildman–Crippen LogP) is 1.88. The number of hydrogen-bond acceptors (Lipinski definition) is 8. The summed E-state index contributed by atoms with van der Waals surface area (Å²) in [6.07, 6.45) is 5.56. The first kappa shape index (κ1) is 24.8. The van der Waals surface area contributed by atoms with Gasteiger partial charge in [-0.15, -0.1) is 0 Å². The monoisotopic (exact) mass is 469 g/mol. The molecule has 0 radical (unpaired) electrons. The molecular weight excluding hydrogens is 434 g/mol. The molecule has 1 aromatic carbocycles. The largest absolute Gasteiger partial charge is 0.379 e. The van der Waals surface area contributed by atoms with Crippen LogP contribution in [-0.4, -0.2) is 88.7 Å². The van der Waals surface area contributed by atoms with Crippen LogP contribution in [0.2, 0.25) is 0 Å². The van der Waals surface area contributed by atoms with E-state index in [0.717, 1.165) is 44.8 Å². The molecule has 1 saturated carbocycles. The number of rotatable bonds is 10. The fourth-order valence-electron chi connectivity index (χ4n) is 4.58. The van der Waals surface area contributed by atoms with Gasteiger partial charge in [0.15, 0.2) is 0 Å². The molecule has 1 aliphatic heterocycles. The molecule has 2 aliphatic rings. The third-order valence-electron chi connectivity index (χ3n) is 6.40. The van der Waals surface area contributed by atoms with Crippen LogP contribution >= 0.6 is 0 Å². The molecule has 0 aromatic heterocycles. The summed E-state index contributed by atoms with van der Waals surface area (Å²) in [7, 11) is -0.139. The second-order valence-corrected chi connectivity index (χ2v) is 10.6. The third kappa shape index (κ3) is 6.16. The van der Waals surface area contributed by atoms with Gasteiger partial charge in [-0.3, -0.25) is 15.0 Å². The van der Waals surface area contributed by atoms with Crippen LogP contribution < -0.4 is 10.0 Å². The number of benzene rings is 1. The molecule has 1 aromatic rings. The van der Waals surface area contributed by atoms with Crippen molar-refractivity contribution in [1.29, 1.82) is 0 Å². The van der Waals surface area contributed by atoms with Gasteiger partial charge >= 0.3 is 0 Å². The number of morpholine rings is 1. The van der Waals surface area contributed by atoms with Crippen LogP contribution in [0.5, 0.6) is 0 Å². The van der Waals surface area contributed by atoms with Crippen molar-refractivity contribution in [3.8, 4) is 0 Å². The topological polar surface area (TPSA) is 117 Å². The zero-order valence-electron chi connectivity index (χ0n) is 19.0. The normalized spacial score (nSPS) is 19.7. The lowest BCUT2D eigenvalue weighted by atomic mass is 9.79. The number of sulfonamides is 1. The first-order valence-electron chi connectivity index (χ1n) is 11.2. The molecule has 32 heavy (non-hydrogen) atoms. The first-order valence-corrected chi connectivity index (χ1v) is 12.7. The van der Waals surface area contributed by atoms with Crippen LogP contribution in [0.15, 0.2) is 23.1 Å². The summed E-state index contributed by atoms with van der Waals surface area (Å²) in [5.41, 5.74) is 0.0582. The van der Waals surface area contributed by atoms with Crippen LogP contribution in [0.3, 0.4) is 0 Å². The average molecular weight is 470 g/mol. The summed E-state index contributed by atoms with van der Waals surface area (Å²) in [6.45, 7) is 4.47. The Kier molecular flexibility index (Phi) is 8.45. The Labute approximate surface area is 190 Å². The van der Waals surface area contributed by atoms with E-state index < -0.39 is 14.9 Å². The average Bonchev–Trinajstić information content (AvgIpc) is 2.78. The lowest BCUT2D eigenvalue weighted by Gasteiger charge is -2.48. The van der Waals surface area contributed by atoms with Gasteiger partial charge in [0.2, 0.25) is 10.0 Å². The molecule has 0 spiro atoms. The lowest BCUT2D eigenvalue weighted by Crippen LogP contribution is -2.58. The molecule has 1 aliphatic carbocycles. The Bertz CT molecular complexity index is 881. The molecule has 0 amide bonds. The maximum atomic E-state index is 12.6. The van der Waals surface area contributed by atoms with Gasteiger partial charge in [-0.25, -0.2) is 13.1 Å². The molecule has 0 unspecified atom stereocenters. The number of anilines is 1. The molecule has 180 valence electrons. The van der Waals surface area contributed by atoms with E-state index in [1.807, 2.05) is 19.0 Å². The van der Waals surface area contributed by atoms with Gasteiger partial charge in [0.25, 0.3) is 5.69 Å². The Morgan fingerprint density at radius 3 is 2.50 bits per heavy atom. The number of nitrogens with one attached hydrogen (secondary N) is 2. The number of nitro benzene ring substituents is 1. The van der Waals surface area contributed by atoms with Crippen molar-refractivity contribution in [2.75, 3.05) is 65.3 Å². The Morgan fingerprint density at radius 1 is 1.19 bits per heavy atom. The number of nitro groups is 1. The second kappa shape index (κ2) is 10.9. The second-order valence-electron chi connectivity index (χ2n) is 8.88. The Hall–Kier alpha value is -1.79. The molecule has 3 rings (SSSR count). The summed E-state index contributed by atoms with van der Waals surface area (Å²) < 4.78 is 33.2. The Morgan fingerprint density at radius 2 is 1.88 bits per heavy atom. The molecule has 0 atom stereocenters. The van der Waals surface area contributed by atoms with Gasteiger partial charge in [-0.1, -0.05) is 19.3 Å². The summed E-state index contributed by atoms with van der Waals surface area (Å²) >= 11 is 0. The highest BCUT2D eigenvalue weighted by atomic mass is 32.2. The minimum Gasteiger partial charge on any atom is -0.379 e. The van der Waals surface area contributed by atoms with Crippen LogP contribution in [0.1, 0.15) is 32.1 Å². The molecule has 0 bridgehead atoms. The van der Waals surface area contributed by atoms with E-state index in [-0.39, 0.29) is 22.7 Å². The third-order valence-corrected chi connectivity index (χ3v) is 7.86. The van der Waals surface area contributed by atoms with E-state index in [4.69, 9.17) is 4.74 Å². The van der Waals surface area contributed by atoms with E-state index >= 15 is 0 Å². The summed E-state index contributed by atoms with van der Waals surface area (Å²) in [5, 5.41) is 15.0. The maximum Gasteiger partial charge on any atom is 0.293 e. The molecule has 10 nitrogen and oxygen atoms in total. The number of likely N-dealkylation sites (N-methyl/N-ethyl adjacent to an activating group) is 1. The SMILES string of the molecule is CN(C)CCNS(=O)(=O)c1ccc(NCC2(N3CCOCC3)CCCCC2)c([N+](=O)[O-])c1. The number of hydrogen-bond donors (Lipinski definition) is 2. The lowest BCUT2D eigenvalue weighted by molar-refractivity contribution is -0.384. The fraction of sp³-hybridized carbons (Fsp3) is 0.714. The molecule has 1 saturated heterocycles. The summed E-state index contributed by atoms with van der Waals surface area (Å²) in [5.74, 6) is 0. The maximum absolute atomic E-state index is 12.6. The fourth-order valence-corrected chi connectivity index (χ4v) is 5.62. The zero-order valence-corrected chi connectivity index (χ0v) is 19.8. The molecule has 1 heterocycles. The molecule has 11 heteroatoms. The van der Waals surface area contributed by atoms with E-state index in [0.29, 0.717) is 32.0 Å². The minimum absolute atomic E-state index is 0.0611. The molecular formula is C21H35N5O5S. The van der Waals surface area contributed by atoms with Crippen LogP contribution in [-0.2, 0) is 14.8 Å². The van der Waals surface area contributed by atoms with E-state index in [2.05, 4.69) is 14.9 Å². The molecule has 2 fully saturated rings. The quantitative estimate of drug-likeness (QED) is 0.394. The highest BCUT2D eigenvalue weighted by Crippen LogP contribution is 2.36. The van der Waals surface area contributed by atoms with Crippen molar-refractivity contribution in [3.63, 3.8) is 0 Å². The molecule has 2 N–H and O–H groups in total. The summed E-state index contributed by atoms with van der Waals surface area (Å²) in [6, 6.07) is 4.08. The van der Waals surface area contributed by atoms with Crippen molar-refractivity contribution in [2.24, 2.45) is 0 Å². The van der Waals surface area contributed by atoms with Crippen LogP contribution in [0, 0.1) is 10.1 Å². The highest BCUT2D eigenvalue weighted by molar-refractivity contribution is 7.89. The Balaban J connectivity index is 1.77. The number of nitrogens with zero attached hydrogens (tertiary/aromatic N) is 3. The number of ether oxygens (including phenoxy) is 1. The smallest absolute Gasteiger partial charge is 0.293 e. The zero-order chi connectivity index (χ0) is 23.2. The highest BCUT2D eigenvalue weighted by Gasteiger charge is 2.39. The van der Waals surface area contributed by atoms with Crippen molar-refractivity contribution in [2.45, 2.75) is 42.5 Å². The van der Waals surface area contributed by atoms with Gasteiger partial charge in [0, 0.05) is 44.3 Å². The van der Waals surface area contributed by atoms with Gasteiger partial charge in [-0.05, 0) is 39.1 Å². The van der Waals surface area contributed by atoms with Crippen molar-refractivity contribution in [3.05, 3.63) is 28.3 Å². The van der Waals surface area contributed by atoms with Crippen molar-refractivity contribution in [1.82, 2.24) is 14.5 Å². The van der Waals surface area contributed by atoms with E-state index in [1.165, 1.54) is 18.6 Å². The van der Waals surface area contributed by atoms with Crippen molar-refractivity contribution < 1.29 is 18.1 Å². The van der Waals surface area contributed by atoms with Crippen LogP contribution in [0.25, 0.3) is 0 Å². The van der Waals surface area contributed by atoms with Gasteiger partial charge in [0.05, 0.1) is 23.0 Å². The van der Waals surface area contributed by atoms with E-state index in [1.54, 1.807) is 0 Å². The van der Waals surface area contributed by atoms with E-state index in [9.17, 15) is 18.5 Å². The predicted molar refractivity (Wildman–Crippen MR) is 124 cm³/mol. The van der Waals surface area contributed by atoms with Gasteiger partial charge in [-0.2, -0.15) is 0 Å².